The Hall–Kier alpha value is -3.51. The van der Waals surface area contributed by atoms with Crippen molar-refractivity contribution in [2.75, 3.05) is 20.8 Å². The molecule has 1 aliphatic carbocycles. The maximum atomic E-state index is 13.2. The number of hydrogen-bond acceptors (Lipinski definition) is 6. The number of hydrogen-bond donors (Lipinski definition) is 0. The van der Waals surface area contributed by atoms with E-state index >= 15 is 0 Å². The van der Waals surface area contributed by atoms with Crippen LogP contribution in [0.1, 0.15) is 42.1 Å². The number of carbonyl (C=O) groups is 1. The van der Waals surface area contributed by atoms with Crippen LogP contribution in [0, 0.1) is 17.2 Å². The Labute approximate surface area is 195 Å². The molecule has 2 heterocycles. The Bertz CT molecular complexity index is 1260. The highest BCUT2D eigenvalue weighted by molar-refractivity contribution is 6.02. The largest absolute Gasteiger partial charge is 0.496 e. The second-order valence-electron chi connectivity index (χ2n) is 8.66. The number of methoxy groups -OCH3 is 2. The van der Waals surface area contributed by atoms with Crippen molar-refractivity contribution < 1.29 is 27.8 Å². The lowest BCUT2D eigenvalue weighted by atomic mass is 9.85. The third kappa shape index (κ3) is 4.59. The molecule has 1 saturated carbocycles. The van der Waals surface area contributed by atoms with Crippen LogP contribution in [0.5, 0.6) is 11.5 Å². The van der Waals surface area contributed by atoms with Gasteiger partial charge in [0.25, 0.3) is 0 Å². The summed E-state index contributed by atoms with van der Waals surface area (Å²) in [6.45, 7) is -1.10. The minimum atomic E-state index is -3.10. The highest BCUT2D eigenvalue weighted by Gasteiger charge is 2.30. The number of aromatic nitrogens is 2. The van der Waals surface area contributed by atoms with E-state index in [1.54, 1.807) is 41.9 Å². The summed E-state index contributed by atoms with van der Waals surface area (Å²) in [5.74, 6) is -0.0547. The smallest absolute Gasteiger partial charge is 0.387 e. The van der Waals surface area contributed by atoms with Gasteiger partial charge in [0.05, 0.1) is 31.7 Å². The molecule has 0 amide bonds. The second-order valence-corrected chi connectivity index (χ2v) is 8.66. The lowest BCUT2D eigenvalue weighted by Gasteiger charge is -2.21. The van der Waals surface area contributed by atoms with Crippen molar-refractivity contribution in [2.24, 2.45) is 5.92 Å². The van der Waals surface area contributed by atoms with Crippen LogP contribution in [0.15, 0.2) is 36.7 Å². The van der Waals surface area contributed by atoms with E-state index in [4.69, 9.17) is 14.2 Å². The molecule has 0 spiro atoms. The van der Waals surface area contributed by atoms with Crippen LogP contribution in [-0.4, -0.2) is 42.6 Å². The molecule has 1 aromatic carbocycles. The molecule has 2 aromatic heterocycles. The summed E-state index contributed by atoms with van der Waals surface area (Å²) in [4.78, 5) is 17.3. The van der Waals surface area contributed by atoms with Gasteiger partial charge in [0, 0.05) is 25.3 Å². The zero-order valence-corrected chi connectivity index (χ0v) is 19.2. The predicted octanol–water partition coefficient (Wildman–Crippen LogP) is 5.02. The fourth-order valence-electron chi connectivity index (χ4n) is 4.06. The zero-order valence-electron chi connectivity index (χ0n) is 19.2. The molecule has 1 atom stereocenters. The standard InChI is InChI=1S/C25H25F2N3O4/c1-25(13-28,14-32-2)17-6-7-30-18(12-29-22(30)11-17)16-9-20(33-3)23(19(31)8-15-4-5-15)21(10-16)34-24(26)27/h6-7,9-12,15,24H,4-5,8,14H2,1-3H3. The maximum absolute atomic E-state index is 13.2. The minimum absolute atomic E-state index is 0.0268. The number of ether oxygens (including phenoxy) is 3. The van der Waals surface area contributed by atoms with E-state index in [2.05, 4.69) is 11.1 Å². The molecular weight excluding hydrogens is 444 g/mol. The number of Topliss-reactive ketones (excluding diaryl/α,β-unsaturated/α-hetero) is 1. The van der Waals surface area contributed by atoms with E-state index in [0.29, 0.717) is 16.9 Å². The highest BCUT2D eigenvalue weighted by atomic mass is 19.3. The van der Waals surface area contributed by atoms with Crippen molar-refractivity contribution in [1.29, 1.82) is 5.26 Å². The molecule has 7 nitrogen and oxygen atoms in total. The second kappa shape index (κ2) is 9.39. The molecule has 0 bridgehead atoms. The number of alkyl halides is 2. The van der Waals surface area contributed by atoms with Crippen LogP contribution >= 0.6 is 0 Å². The Kier molecular flexibility index (Phi) is 6.53. The molecule has 0 radical (unpaired) electrons. The van der Waals surface area contributed by atoms with Gasteiger partial charge in [0.15, 0.2) is 5.78 Å². The first kappa shape index (κ1) is 23.6. The van der Waals surface area contributed by atoms with Gasteiger partial charge in [-0.05, 0) is 55.5 Å². The van der Waals surface area contributed by atoms with Crippen molar-refractivity contribution in [3.63, 3.8) is 0 Å². The quantitative estimate of drug-likeness (QED) is 0.388. The van der Waals surface area contributed by atoms with Crippen molar-refractivity contribution in [3.05, 3.63) is 47.8 Å². The van der Waals surface area contributed by atoms with E-state index in [-0.39, 0.29) is 41.8 Å². The molecule has 1 unspecified atom stereocenters. The first-order valence-electron chi connectivity index (χ1n) is 10.9. The molecule has 1 aliphatic rings. The number of rotatable bonds is 10. The maximum Gasteiger partial charge on any atom is 0.387 e. The van der Waals surface area contributed by atoms with E-state index < -0.39 is 12.0 Å². The van der Waals surface area contributed by atoms with Gasteiger partial charge in [0.1, 0.15) is 28.1 Å². The van der Waals surface area contributed by atoms with Crippen molar-refractivity contribution in [2.45, 2.75) is 38.2 Å². The normalized spacial score (nSPS) is 15.2. The van der Waals surface area contributed by atoms with E-state index in [1.165, 1.54) is 20.3 Å². The predicted molar refractivity (Wildman–Crippen MR) is 120 cm³/mol. The first-order valence-corrected chi connectivity index (χ1v) is 10.9. The van der Waals surface area contributed by atoms with E-state index in [9.17, 15) is 18.8 Å². The molecule has 0 N–H and O–H groups in total. The number of nitriles is 1. The van der Waals surface area contributed by atoms with Crippen LogP contribution in [0.25, 0.3) is 16.9 Å². The molecule has 1 fully saturated rings. The van der Waals surface area contributed by atoms with E-state index in [0.717, 1.165) is 18.4 Å². The number of carbonyl (C=O) groups excluding carboxylic acids is 1. The fraction of sp³-hybridized carbons (Fsp3) is 0.400. The van der Waals surface area contributed by atoms with Crippen LogP contribution in [-0.2, 0) is 10.2 Å². The molecule has 9 heteroatoms. The minimum Gasteiger partial charge on any atom is -0.496 e. The number of benzene rings is 1. The van der Waals surface area contributed by atoms with Crippen molar-refractivity contribution >= 4 is 11.4 Å². The number of ketones is 1. The lowest BCUT2D eigenvalue weighted by molar-refractivity contribution is -0.0502. The Morgan fingerprint density at radius 3 is 2.65 bits per heavy atom. The molecule has 178 valence electrons. The highest BCUT2D eigenvalue weighted by Crippen LogP contribution is 2.40. The summed E-state index contributed by atoms with van der Waals surface area (Å²) < 4.78 is 43.6. The third-order valence-corrected chi connectivity index (χ3v) is 6.08. The molecule has 34 heavy (non-hydrogen) atoms. The monoisotopic (exact) mass is 469 g/mol. The van der Waals surface area contributed by atoms with Crippen LogP contribution in [0.2, 0.25) is 0 Å². The van der Waals surface area contributed by atoms with Gasteiger partial charge in [-0.25, -0.2) is 4.98 Å². The van der Waals surface area contributed by atoms with Gasteiger partial charge in [-0.3, -0.25) is 9.20 Å². The summed E-state index contributed by atoms with van der Waals surface area (Å²) in [7, 11) is 2.92. The Balaban J connectivity index is 1.79. The van der Waals surface area contributed by atoms with Gasteiger partial charge in [0.2, 0.25) is 0 Å². The number of imidazole rings is 1. The SMILES string of the molecule is COCC(C)(C#N)c1ccn2c(-c3cc(OC)c(C(=O)CC4CC4)c(OC(F)F)c3)cnc2c1. The topological polar surface area (TPSA) is 85.8 Å². The number of fused-ring (bicyclic) bond motifs is 1. The number of pyridine rings is 1. The van der Waals surface area contributed by atoms with Gasteiger partial charge in [-0.1, -0.05) is 0 Å². The van der Waals surface area contributed by atoms with E-state index in [1.807, 2.05) is 0 Å². The zero-order chi connectivity index (χ0) is 24.5. The summed E-state index contributed by atoms with van der Waals surface area (Å²) in [5.41, 5.74) is 1.56. The average molecular weight is 469 g/mol. The lowest BCUT2D eigenvalue weighted by Crippen LogP contribution is -2.25. The van der Waals surface area contributed by atoms with Gasteiger partial charge < -0.3 is 14.2 Å². The Morgan fingerprint density at radius 1 is 1.29 bits per heavy atom. The summed E-state index contributed by atoms with van der Waals surface area (Å²) in [5, 5.41) is 9.64. The third-order valence-electron chi connectivity index (χ3n) is 6.08. The molecule has 4 rings (SSSR count). The molecule has 3 aromatic rings. The summed E-state index contributed by atoms with van der Waals surface area (Å²) in [6.07, 6.45) is 5.52. The average Bonchev–Trinajstić information content (AvgIpc) is 3.52. The van der Waals surface area contributed by atoms with Crippen LogP contribution in [0.3, 0.4) is 0 Å². The van der Waals surface area contributed by atoms with Crippen molar-refractivity contribution in [3.8, 4) is 28.8 Å². The molecular formula is C25H25F2N3O4. The number of nitrogens with zero attached hydrogens (tertiary/aromatic N) is 3. The van der Waals surface area contributed by atoms with Crippen LogP contribution < -0.4 is 9.47 Å². The van der Waals surface area contributed by atoms with Gasteiger partial charge in [-0.15, -0.1) is 0 Å². The fourth-order valence-corrected chi connectivity index (χ4v) is 4.06. The summed E-state index contributed by atoms with van der Waals surface area (Å²) in [6, 6.07) is 8.89. The summed E-state index contributed by atoms with van der Waals surface area (Å²) >= 11 is 0. The Morgan fingerprint density at radius 2 is 2.03 bits per heavy atom. The first-order chi connectivity index (χ1) is 16.3. The van der Waals surface area contributed by atoms with Gasteiger partial charge >= 0.3 is 6.61 Å². The van der Waals surface area contributed by atoms with Gasteiger partial charge in [-0.2, -0.15) is 14.0 Å². The van der Waals surface area contributed by atoms with Crippen molar-refractivity contribution in [1.82, 2.24) is 9.38 Å². The molecule has 0 saturated heterocycles. The molecule has 0 aliphatic heterocycles. The number of halogens is 2. The van der Waals surface area contributed by atoms with Crippen LogP contribution in [0.4, 0.5) is 8.78 Å².